The fraction of sp³-hybridized carbons (Fsp3) is 0.533. The van der Waals surface area contributed by atoms with Crippen LogP contribution in [-0.4, -0.2) is 29.0 Å². The van der Waals surface area contributed by atoms with Crippen molar-refractivity contribution >= 4 is 21.8 Å². The molecule has 0 atom stereocenters. The summed E-state index contributed by atoms with van der Waals surface area (Å²) in [5, 5.41) is 9.86. The van der Waals surface area contributed by atoms with Gasteiger partial charge in [-0.1, -0.05) is 29.8 Å². The molecule has 0 bridgehead atoms. The second kappa shape index (κ2) is 5.95. The van der Waals surface area contributed by atoms with Gasteiger partial charge in [0.1, 0.15) is 5.75 Å². The second-order valence-corrected chi connectivity index (χ2v) is 6.45. The molecular weight excluding hydrogens is 306 g/mol. The first kappa shape index (κ1) is 14.4. The van der Waals surface area contributed by atoms with Gasteiger partial charge in [-0.2, -0.15) is 0 Å². The number of phenolic OH excluding ortho intramolecular Hbond substituents is 1. The van der Waals surface area contributed by atoms with Crippen LogP contribution in [0.2, 0.25) is 0 Å². The van der Waals surface area contributed by atoms with Gasteiger partial charge in [0, 0.05) is 17.6 Å². The Bertz CT molecular complexity index is 465. The molecule has 0 aliphatic carbocycles. The molecule has 2 rings (SSSR count). The van der Waals surface area contributed by atoms with Crippen molar-refractivity contribution < 1.29 is 9.90 Å². The molecular formula is C15H20BrNO2. The lowest BCUT2D eigenvalue weighted by atomic mass is 9.86. The van der Waals surface area contributed by atoms with Gasteiger partial charge in [0.2, 0.25) is 0 Å². The van der Waals surface area contributed by atoms with E-state index >= 15 is 0 Å². The zero-order valence-electron chi connectivity index (χ0n) is 11.4. The number of rotatable bonds is 2. The van der Waals surface area contributed by atoms with Crippen molar-refractivity contribution in [3.63, 3.8) is 0 Å². The number of likely N-dealkylation sites (tertiary alicyclic amines) is 1. The van der Waals surface area contributed by atoms with Crippen LogP contribution >= 0.6 is 15.9 Å². The van der Waals surface area contributed by atoms with Gasteiger partial charge in [-0.05, 0) is 42.9 Å². The maximum absolute atomic E-state index is 12.4. The van der Waals surface area contributed by atoms with Crippen LogP contribution in [0.4, 0.5) is 0 Å². The second-order valence-electron chi connectivity index (χ2n) is 5.54. The highest BCUT2D eigenvalue weighted by Gasteiger charge is 2.26. The van der Waals surface area contributed by atoms with Gasteiger partial charge >= 0.3 is 0 Å². The Kier molecular flexibility index (Phi) is 4.50. The SMILES string of the molecule is CC(C)C1CCN(C(=O)c2ccc(Br)cc2O)CC1. The number of piperidine rings is 1. The lowest BCUT2D eigenvalue weighted by Gasteiger charge is -2.34. The van der Waals surface area contributed by atoms with Gasteiger partial charge in [0.05, 0.1) is 5.56 Å². The van der Waals surface area contributed by atoms with Gasteiger partial charge in [-0.15, -0.1) is 0 Å². The van der Waals surface area contributed by atoms with Crippen LogP contribution in [0.3, 0.4) is 0 Å². The Morgan fingerprint density at radius 1 is 1.37 bits per heavy atom. The van der Waals surface area contributed by atoms with Crippen LogP contribution in [0.15, 0.2) is 22.7 Å². The van der Waals surface area contributed by atoms with Crippen molar-refractivity contribution in [2.45, 2.75) is 26.7 Å². The minimum absolute atomic E-state index is 0.0466. The molecule has 0 saturated carbocycles. The van der Waals surface area contributed by atoms with Gasteiger partial charge in [0.15, 0.2) is 0 Å². The van der Waals surface area contributed by atoms with Crippen molar-refractivity contribution in [1.82, 2.24) is 4.90 Å². The standard InChI is InChI=1S/C15H20BrNO2/c1-10(2)11-5-7-17(8-6-11)15(19)13-4-3-12(16)9-14(13)18/h3-4,9-11,18H,5-8H2,1-2H3. The molecule has 1 saturated heterocycles. The molecule has 0 unspecified atom stereocenters. The third-order valence-electron chi connectivity index (χ3n) is 3.96. The van der Waals surface area contributed by atoms with Crippen LogP contribution in [0.1, 0.15) is 37.0 Å². The summed E-state index contributed by atoms with van der Waals surface area (Å²) in [6, 6.07) is 5.03. The van der Waals surface area contributed by atoms with E-state index in [4.69, 9.17) is 0 Å². The number of amides is 1. The summed E-state index contributed by atoms with van der Waals surface area (Å²) in [6.07, 6.45) is 2.11. The smallest absolute Gasteiger partial charge is 0.257 e. The average molecular weight is 326 g/mol. The number of hydrogen-bond donors (Lipinski definition) is 1. The number of nitrogens with zero attached hydrogens (tertiary/aromatic N) is 1. The van der Waals surface area contributed by atoms with E-state index in [0.717, 1.165) is 30.4 Å². The van der Waals surface area contributed by atoms with Crippen LogP contribution in [0.25, 0.3) is 0 Å². The topological polar surface area (TPSA) is 40.5 Å². The lowest BCUT2D eigenvalue weighted by Crippen LogP contribution is -2.39. The fourth-order valence-corrected chi connectivity index (χ4v) is 2.97. The molecule has 1 aliphatic rings. The van der Waals surface area contributed by atoms with Crippen molar-refractivity contribution in [2.24, 2.45) is 11.8 Å². The quantitative estimate of drug-likeness (QED) is 0.901. The normalized spacial score (nSPS) is 16.9. The van der Waals surface area contributed by atoms with Crippen LogP contribution < -0.4 is 0 Å². The summed E-state index contributed by atoms with van der Waals surface area (Å²) >= 11 is 3.28. The summed E-state index contributed by atoms with van der Waals surface area (Å²) in [7, 11) is 0. The zero-order chi connectivity index (χ0) is 14.0. The fourth-order valence-electron chi connectivity index (χ4n) is 2.63. The largest absolute Gasteiger partial charge is 0.507 e. The maximum Gasteiger partial charge on any atom is 0.257 e. The van der Waals surface area contributed by atoms with Crippen LogP contribution in [0.5, 0.6) is 5.75 Å². The molecule has 1 amide bonds. The number of hydrogen-bond acceptors (Lipinski definition) is 2. The van der Waals surface area contributed by atoms with E-state index in [-0.39, 0.29) is 11.7 Å². The minimum Gasteiger partial charge on any atom is -0.507 e. The molecule has 1 aliphatic heterocycles. The molecule has 1 aromatic carbocycles. The summed E-state index contributed by atoms with van der Waals surface area (Å²) in [5.74, 6) is 1.37. The van der Waals surface area contributed by atoms with E-state index in [1.54, 1.807) is 18.2 Å². The van der Waals surface area contributed by atoms with Crippen LogP contribution in [-0.2, 0) is 0 Å². The number of halogens is 1. The molecule has 1 N–H and O–H groups in total. The molecule has 0 aromatic heterocycles. The lowest BCUT2D eigenvalue weighted by molar-refractivity contribution is 0.0664. The van der Waals surface area contributed by atoms with Crippen LogP contribution in [0, 0.1) is 11.8 Å². The van der Waals surface area contributed by atoms with E-state index in [9.17, 15) is 9.90 Å². The minimum atomic E-state index is -0.0628. The number of benzene rings is 1. The molecule has 1 heterocycles. The van der Waals surface area contributed by atoms with Gasteiger partial charge in [0.25, 0.3) is 5.91 Å². The first-order chi connectivity index (χ1) is 8.99. The van der Waals surface area contributed by atoms with E-state index < -0.39 is 0 Å². The first-order valence-electron chi connectivity index (χ1n) is 6.77. The number of carbonyl (C=O) groups is 1. The van der Waals surface area contributed by atoms with E-state index in [2.05, 4.69) is 29.8 Å². The van der Waals surface area contributed by atoms with Gasteiger partial charge in [-0.25, -0.2) is 0 Å². The predicted molar refractivity (Wildman–Crippen MR) is 79.3 cm³/mol. The molecule has 1 fully saturated rings. The monoisotopic (exact) mass is 325 g/mol. The maximum atomic E-state index is 12.4. The Labute approximate surface area is 122 Å². The Morgan fingerprint density at radius 2 is 2.00 bits per heavy atom. The Morgan fingerprint density at radius 3 is 2.53 bits per heavy atom. The molecule has 1 aromatic rings. The number of phenols is 1. The molecule has 19 heavy (non-hydrogen) atoms. The summed E-state index contributed by atoms with van der Waals surface area (Å²) < 4.78 is 0.778. The summed E-state index contributed by atoms with van der Waals surface area (Å²) in [5.41, 5.74) is 0.395. The predicted octanol–water partition coefficient (Wildman–Crippen LogP) is 3.66. The molecule has 0 spiro atoms. The van der Waals surface area contributed by atoms with E-state index in [0.29, 0.717) is 17.4 Å². The highest BCUT2D eigenvalue weighted by Crippen LogP contribution is 2.28. The van der Waals surface area contributed by atoms with Gasteiger partial charge in [-0.3, -0.25) is 4.79 Å². The van der Waals surface area contributed by atoms with Crippen molar-refractivity contribution in [3.8, 4) is 5.75 Å². The highest BCUT2D eigenvalue weighted by molar-refractivity contribution is 9.10. The van der Waals surface area contributed by atoms with E-state index in [1.165, 1.54) is 0 Å². The number of aromatic hydroxyl groups is 1. The Balaban J connectivity index is 2.05. The molecule has 4 heteroatoms. The molecule has 3 nitrogen and oxygen atoms in total. The summed E-state index contributed by atoms with van der Waals surface area (Å²) in [6.45, 7) is 6.06. The Hall–Kier alpha value is -1.03. The van der Waals surface area contributed by atoms with Crippen molar-refractivity contribution in [2.75, 3.05) is 13.1 Å². The highest BCUT2D eigenvalue weighted by atomic mass is 79.9. The third-order valence-corrected chi connectivity index (χ3v) is 4.45. The summed E-state index contributed by atoms with van der Waals surface area (Å²) in [4.78, 5) is 14.2. The van der Waals surface area contributed by atoms with Crippen molar-refractivity contribution in [1.29, 1.82) is 0 Å². The average Bonchev–Trinajstić information content (AvgIpc) is 2.38. The van der Waals surface area contributed by atoms with E-state index in [1.807, 2.05) is 4.90 Å². The molecule has 104 valence electrons. The first-order valence-corrected chi connectivity index (χ1v) is 7.56. The van der Waals surface area contributed by atoms with Gasteiger partial charge < -0.3 is 10.0 Å². The van der Waals surface area contributed by atoms with Crippen molar-refractivity contribution in [3.05, 3.63) is 28.2 Å². The molecule has 0 radical (unpaired) electrons. The third kappa shape index (κ3) is 3.30. The number of carbonyl (C=O) groups excluding carboxylic acids is 1. The zero-order valence-corrected chi connectivity index (χ0v) is 13.0.